The summed E-state index contributed by atoms with van der Waals surface area (Å²) in [6, 6.07) is 16.2. The molecule has 0 bridgehead atoms. The van der Waals surface area contributed by atoms with E-state index in [0.29, 0.717) is 5.56 Å². The minimum Gasteiger partial charge on any atom is -0.323 e. The molecule has 0 spiro atoms. The molecule has 0 saturated carbocycles. The standard InChI is InChI=1S/C22H24FN3O2/c23-19-9-5-4-8-17(19)14-22(20(27)24-21(28)25-22)18-10-12-26(13-11-18)15-16-6-2-1-3-7-16/h1-9,18H,10-15H2,(H2,24,25,27,28)/t22-/m0/s1. The maximum atomic E-state index is 14.3. The number of amides is 3. The van der Waals surface area contributed by atoms with Gasteiger partial charge in [0.15, 0.2) is 0 Å². The second-order valence-electron chi connectivity index (χ2n) is 7.68. The first-order valence-corrected chi connectivity index (χ1v) is 9.70. The molecule has 146 valence electrons. The number of urea groups is 1. The Hall–Kier alpha value is -2.73. The topological polar surface area (TPSA) is 61.4 Å². The number of nitrogens with zero attached hydrogens (tertiary/aromatic N) is 1. The van der Waals surface area contributed by atoms with Gasteiger partial charge in [0.25, 0.3) is 5.91 Å². The summed E-state index contributed by atoms with van der Waals surface area (Å²) in [4.78, 5) is 27.1. The second kappa shape index (κ2) is 7.72. The summed E-state index contributed by atoms with van der Waals surface area (Å²) in [7, 11) is 0. The van der Waals surface area contributed by atoms with Crippen LogP contribution in [-0.4, -0.2) is 35.5 Å². The zero-order valence-electron chi connectivity index (χ0n) is 15.7. The fourth-order valence-corrected chi connectivity index (χ4v) is 4.43. The van der Waals surface area contributed by atoms with Crippen LogP contribution in [0.2, 0.25) is 0 Å². The van der Waals surface area contributed by atoms with Crippen molar-refractivity contribution in [2.45, 2.75) is 31.3 Å². The number of imide groups is 1. The van der Waals surface area contributed by atoms with Gasteiger partial charge in [-0.15, -0.1) is 0 Å². The average molecular weight is 381 g/mol. The van der Waals surface area contributed by atoms with Crippen LogP contribution in [0.15, 0.2) is 54.6 Å². The van der Waals surface area contributed by atoms with Crippen molar-refractivity contribution in [3.05, 3.63) is 71.5 Å². The van der Waals surface area contributed by atoms with Gasteiger partial charge < -0.3 is 5.32 Å². The van der Waals surface area contributed by atoms with Crippen LogP contribution < -0.4 is 10.6 Å². The molecule has 6 heteroatoms. The molecule has 2 N–H and O–H groups in total. The molecule has 2 aromatic carbocycles. The van der Waals surface area contributed by atoms with Crippen LogP contribution in [0.4, 0.5) is 9.18 Å². The van der Waals surface area contributed by atoms with Gasteiger partial charge >= 0.3 is 6.03 Å². The Morgan fingerprint density at radius 3 is 2.32 bits per heavy atom. The lowest BCUT2D eigenvalue weighted by Crippen LogP contribution is -2.57. The number of likely N-dealkylation sites (tertiary alicyclic amines) is 1. The highest BCUT2D eigenvalue weighted by molar-refractivity contribution is 6.07. The molecule has 0 aliphatic carbocycles. The summed E-state index contributed by atoms with van der Waals surface area (Å²) < 4.78 is 14.3. The molecule has 4 rings (SSSR count). The summed E-state index contributed by atoms with van der Waals surface area (Å²) in [5.74, 6) is -0.731. The fraction of sp³-hybridized carbons (Fsp3) is 0.364. The van der Waals surface area contributed by atoms with E-state index in [0.717, 1.165) is 32.5 Å². The SMILES string of the molecule is O=C1NC(=O)[C@](Cc2ccccc2F)(C2CCN(Cc3ccccc3)CC2)N1. The Morgan fingerprint density at radius 1 is 1.00 bits per heavy atom. The highest BCUT2D eigenvalue weighted by Crippen LogP contribution is 2.34. The summed E-state index contributed by atoms with van der Waals surface area (Å²) in [5, 5.41) is 5.21. The van der Waals surface area contributed by atoms with Gasteiger partial charge in [0.1, 0.15) is 11.4 Å². The van der Waals surface area contributed by atoms with Crippen molar-refractivity contribution >= 4 is 11.9 Å². The van der Waals surface area contributed by atoms with E-state index >= 15 is 0 Å². The van der Waals surface area contributed by atoms with Crippen molar-refractivity contribution in [3.63, 3.8) is 0 Å². The maximum absolute atomic E-state index is 14.3. The van der Waals surface area contributed by atoms with Crippen LogP contribution >= 0.6 is 0 Å². The van der Waals surface area contributed by atoms with Crippen molar-refractivity contribution in [2.24, 2.45) is 5.92 Å². The first-order chi connectivity index (χ1) is 13.6. The minimum absolute atomic E-state index is 0.0365. The molecule has 2 aliphatic rings. The molecule has 3 amide bonds. The lowest BCUT2D eigenvalue weighted by atomic mass is 9.74. The molecule has 2 fully saturated rings. The Kier molecular flexibility index (Phi) is 5.13. The molecule has 2 aliphatic heterocycles. The largest absolute Gasteiger partial charge is 0.323 e. The van der Waals surface area contributed by atoms with Gasteiger partial charge in [-0.2, -0.15) is 0 Å². The molecule has 2 heterocycles. The van der Waals surface area contributed by atoms with Crippen LogP contribution in [0.5, 0.6) is 0 Å². The van der Waals surface area contributed by atoms with Crippen LogP contribution in [0, 0.1) is 11.7 Å². The van der Waals surface area contributed by atoms with E-state index in [4.69, 9.17) is 0 Å². The molecule has 0 radical (unpaired) electrons. The maximum Gasteiger partial charge on any atom is 0.322 e. The molecule has 2 aromatic rings. The predicted molar refractivity (Wildman–Crippen MR) is 104 cm³/mol. The number of halogens is 1. The van der Waals surface area contributed by atoms with Crippen molar-refractivity contribution in [1.29, 1.82) is 0 Å². The van der Waals surface area contributed by atoms with E-state index in [-0.39, 0.29) is 24.1 Å². The first-order valence-electron chi connectivity index (χ1n) is 9.70. The van der Waals surface area contributed by atoms with Gasteiger partial charge in [-0.1, -0.05) is 48.5 Å². The minimum atomic E-state index is -1.09. The van der Waals surface area contributed by atoms with Gasteiger partial charge in [0.05, 0.1) is 0 Å². The molecule has 28 heavy (non-hydrogen) atoms. The van der Waals surface area contributed by atoms with Gasteiger partial charge in [-0.3, -0.25) is 15.0 Å². The fourth-order valence-electron chi connectivity index (χ4n) is 4.43. The van der Waals surface area contributed by atoms with Crippen molar-refractivity contribution in [2.75, 3.05) is 13.1 Å². The van der Waals surface area contributed by atoms with E-state index in [1.165, 1.54) is 11.6 Å². The molecule has 0 aromatic heterocycles. The van der Waals surface area contributed by atoms with Crippen LogP contribution in [-0.2, 0) is 17.8 Å². The van der Waals surface area contributed by atoms with Gasteiger partial charge in [-0.25, -0.2) is 9.18 Å². The van der Waals surface area contributed by atoms with Crippen molar-refractivity contribution in [1.82, 2.24) is 15.5 Å². The molecule has 5 nitrogen and oxygen atoms in total. The third kappa shape index (κ3) is 3.64. The van der Waals surface area contributed by atoms with Crippen LogP contribution in [0.25, 0.3) is 0 Å². The van der Waals surface area contributed by atoms with E-state index in [2.05, 4.69) is 27.7 Å². The van der Waals surface area contributed by atoms with Crippen molar-refractivity contribution in [3.8, 4) is 0 Å². The molecule has 1 atom stereocenters. The quantitative estimate of drug-likeness (QED) is 0.783. The Bertz CT molecular complexity index is 865. The summed E-state index contributed by atoms with van der Waals surface area (Å²) in [6.45, 7) is 2.54. The number of nitrogens with one attached hydrogen (secondary N) is 2. The molecular weight excluding hydrogens is 357 g/mol. The number of hydrogen-bond acceptors (Lipinski definition) is 3. The van der Waals surface area contributed by atoms with E-state index in [1.807, 2.05) is 18.2 Å². The smallest absolute Gasteiger partial charge is 0.322 e. The number of rotatable bonds is 5. The molecule has 2 saturated heterocycles. The lowest BCUT2D eigenvalue weighted by Gasteiger charge is -2.40. The zero-order valence-corrected chi connectivity index (χ0v) is 15.7. The van der Waals surface area contributed by atoms with Crippen LogP contribution in [0.1, 0.15) is 24.0 Å². The number of carbonyl (C=O) groups is 2. The highest BCUT2D eigenvalue weighted by Gasteiger charge is 2.52. The monoisotopic (exact) mass is 381 g/mol. The second-order valence-corrected chi connectivity index (χ2v) is 7.68. The van der Waals surface area contributed by atoms with Crippen LogP contribution in [0.3, 0.4) is 0 Å². The normalized spacial score (nSPS) is 23.5. The van der Waals surface area contributed by atoms with Gasteiger partial charge in [-0.05, 0) is 49.0 Å². The Morgan fingerprint density at radius 2 is 1.68 bits per heavy atom. The molecular formula is C22H24FN3O2. The summed E-state index contributed by atoms with van der Waals surface area (Å²) in [6.07, 6.45) is 1.71. The number of carbonyl (C=O) groups excluding carboxylic acids is 2. The zero-order chi connectivity index (χ0) is 19.6. The number of piperidine rings is 1. The third-order valence-electron chi connectivity index (χ3n) is 5.93. The molecule has 0 unspecified atom stereocenters. The highest BCUT2D eigenvalue weighted by atomic mass is 19.1. The van der Waals surface area contributed by atoms with Gasteiger partial charge in [0, 0.05) is 13.0 Å². The van der Waals surface area contributed by atoms with E-state index < -0.39 is 11.6 Å². The predicted octanol–water partition coefficient (Wildman–Crippen LogP) is 2.86. The Balaban J connectivity index is 1.50. The van der Waals surface area contributed by atoms with Gasteiger partial charge in [0.2, 0.25) is 0 Å². The van der Waals surface area contributed by atoms with E-state index in [9.17, 15) is 14.0 Å². The lowest BCUT2D eigenvalue weighted by molar-refractivity contribution is -0.126. The first kappa shape index (κ1) is 18.6. The number of benzene rings is 2. The Labute approximate surface area is 163 Å². The summed E-state index contributed by atoms with van der Waals surface area (Å²) in [5.41, 5.74) is 0.624. The van der Waals surface area contributed by atoms with Crippen molar-refractivity contribution < 1.29 is 14.0 Å². The average Bonchev–Trinajstić information content (AvgIpc) is 2.99. The van der Waals surface area contributed by atoms with E-state index in [1.54, 1.807) is 18.2 Å². The number of hydrogen-bond donors (Lipinski definition) is 2. The summed E-state index contributed by atoms with van der Waals surface area (Å²) >= 11 is 0. The third-order valence-corrected chi connectivity index (χ3v) is 5.93.